The minimum absolute atomic E-state index is 0. The van der Waals surface area contributed by atoms with Gasteiger partial charge < -0.3 is 11.1 Å². The number of carbonyl (C=O) groups is 1. The predicted octanol–water partition coefficient (Wildman–Crippen LogP) is 1.05. The molecule has 0 aromatic carbocycles. The van der Waals surface area contributed by atoms with Crippen LogP contribution in [-0.2, 0) is 4.79 Å². The van der Waals surface area contributed by atoms with Crippen LogP contribution in [0.15, 0.2) is 0 Å². The second-order valence-electron chi connectivity index (χ2n) is 2.22. The topological polar surface area (TPSA) is 55.1 Å². The van der Waals surface area contributed by atoms with Gasteiger partial charge in [-0.1, -0.05) is 11.8 Å². The van der Waals surface area contributed by atoms with Crippen LogP contribution in [0.3, 0.4) is 0 Å². The highest BCUT2D eigenvalue weighted by molar-refractivity contribution is 8.13. The molecule has 0 bridgehead atoms. The summed E-state index contributed by atoms with van der Waals surface area (Å²) in [6, 6.07) is 0. The Balaban J connectivity index is -0.000000500. The standard InChI is InChI=1S/C7H16N2OS.2ClH/c1-9-5-2-3-7(10)11-6-4-8;;/h9H,2-6,8H2,1H3;2*1H. The summed E-state index contributed by atoms with van der Waals surface area (Å²) in [5.74, 6) is 0.748. The lowest BCUT2D eigenvalue weighted by Crippen LogP contribution is -2.09. The number of rotatable bonds is 6. The first-order valence-corrected chi connectivity index (χ1v) is 4.80. The molecular formula is C7H18Cl2N2OS. The highest BCUT2D eigenvalue weighted by atomic mass is 35.5. The number of halogens is 2. The molecule has 0 aliphatic heterocycles. The third-order valence-corrected chi connectivity index (χ3v) is 2.15. The van der Waals surface area contributed by atoms with Crippen LogP contribution >= 0.6 is 36.6 Å². The van der Waals surface area contributed by atoms with Crippen molar-refractivity contribution < 1.29 is 4.79 Å². The van der Waals surface area contributed by atoms with Gasteiger partial charge in [0.05, 0.1) is 0 Å². The smallest absolute Gasteiger partial charge is 0.189 e. The van der Waals surface area contributed by atoms with Crippen molar-refractivity contribution in [3.63, 3.8) is 0 Å². The van der Waals surface area contributed by atoms with Gasteiger partial charge in [-0.05, 0) is 20.0 Å². The minimum Gasteiger partial charge on any atom is -0.330 e. The first kappa shape index (κ1) is 19.1. The molecule has 0 atom stereocenters. The maximum atomic E-state index is 11.0. The lowest BCUT2D eigenvalue weighted by Gasteiger charge is -1.98. The van der Waals surface area contributed by atoms with E-state index in [2.05, 4.69) is 5.32 Å². The molecule has 0 saturated carbocycles. The summed E-state index contributed by atoms with van der Waals surface area (Å²) in [6.45, 7) is 1.50. The van der Waals surface area contributed by atoms with E-state index >= 15 is 0 Å². The molecular weight excluding hydrogens is 231 g/mol. The van der Waals surface area contributed by atoms with E-state index in [0.29, 0.717) is 13.0 Å². The summed E-state index contributed by atoms with van der Waals surface area (Å²) < 4.78 is 0. The van der Waals surface area contributed by atoms with Crippen LogP contribution in [0.25, 0.3) is 0 Å². The maximum absolute atomic E-state index is 11.0. The van der Waals surface area contributed by atoms with Gasteiger partial charge in [0.15, 0.2) is 5.12 Å². The molecule has 0 saturated heterocycles. The van der Waals surface area contributed by atoms with E-state index in [0.717, 1.165) is 18.7 Å². The lowest BCUT2D eigenvalue weighted by atomic mass is 10.3. The Labute approximate surface area is 96.4 Å². The zero-order valence-corrected chi connectivity index (χ0v) is 10.2. The summed E-state index contributed by atoms with van der Waals surface area (Å²) in [5.41, 5.74) is 5.25. The largest absolute Gasteiger partial charge is 0.330 e. The van der Waals surface area contributed by atoms with Crippen LogP contribution in [0, 0.1) is 0 Å². The first-order chi connectivity index (χ1) is 5.31. The predicted molar refractivity (Wildman–Crippen MR) is 64.2 cm³/mol. The van der Waals surface area contributed by atoms with E-state index in [1.807, 2.05) is 7.05 Å². The SMILES string of the molecule is CNCCCC(=O)SCCN.Cl.Cl. The van der Waals surface area contributed by atoms with Crippen molar-refractivity contribution in [1.82, 2.24) is 5.32 Å². The van der Waals surface area contributed by atoms with E-state index in [4.69, 9.17) is 5.73 Å². The zero-order valence-electron chi connectivity index (χ0n) is 7.75. The Morgan fingerprint density at radius 3 is 2.54 bits per heavy atom. The Kier molecular flexibility index (Phi) is 22.1. The molecule has 0 aliphatic rings. The van der Waals surface area contributed by atoms with E-state index in [1.54, 1.807) is 0 Å². The van der Waals surface area contributed by atoms with Crippen molar-refractivity contribution in [3.05, 3.63) is 0 Å². The second-order valence-corrected chi connectivity index (χ2v) is 3.37. The van der Waals surface area contributed by atoms with Gasteiger partial charge in [0.2, 0.25) is 0 Å². The fraction of sp³-hybridized carbons (Fsp3) is 0.857. The Hall–Kier alpha value is 0.520. The van der Waals surface area contributed by atoms with Crippen LogP contribution in [0.2, 0.25) is 0 Å². The number of carbonyl (C=O) groups excluding carboxylic acids is 1. The van der Waals surface area contributed by atoms with Gasteiger partial charge in [-0.3, -0.25) is 4.79 Å². The molecule has 0 aromatic rings. The van der Waals surface area contributed by atoms with E-state index in [-0.39, 0.29) is 29.9 Å². The van der Waals surface area contributed by atoms with E-state index in [9.17, 15) is 4.79 Å². The van der Waals surface area contributed by atoms with Gasteiger partial charge in [0.25, 0.3) is 0 Å². The van der Waals surface area contributed by atoms with Gasteiger partial charge >= 0.3 is 0 Å². The monoisotopic (exact) mass is 248 g/mol. The molecule has 6 heteroatoms. The number of nitrogens with one attached hydrogen (secondary N) is 1. The normalized spacial score (nSPS) is 8.46. The summed E-state index contributed by atoms with van der Waals surface area (Å²) in [7, 11) is 1.89. The molecule has 0 fully saturated rings. The van der Waals surface area contributed by atoms with Crippen molar-refractivity contribution in [2.24, 2.45) is 5.73 Å². The summed E-state index contributed by atoms with van der Waals surface area (Å²) in [4.78, 5) is 11.0. The molecule has 0 unspecified atom stereocenters. The van der Waals surface area contributed by atoms with Gasteiger partial charge in [0, 0.05) is 18.7 Å². The molecule has 0 rings (SSSR count). The minimum atomic E-state index is 0. The molecule has 82 valence electrons. The van der Waals surface area contributed by atoms with Gasteiger partial charge in [-0.2, -0.15) is 0 Å². The van der Waals surface area contributed by atoms with Crippen molar-refractivity contribution in [1.29, 1.82) is 0 Å². The van der Waals surface area contributed by atoms with Gasteiger partial charge in [-0.25, -0.2) is 0 Å². The average Bonchev–Trinajstić information content (AvgIpc) is 2.01. The highest BCUT2D eigenvalue weighted by Crippen LogP contribution is 2.05. The van der Waals surface area contributed by atoms with Crippen molar-refractivity contribution in [3.8, 4) is 0 Å². The zero-order chi connectivity index (χ0) is 8.53. The van der Waals surface area contributed by atoms with E-state index in [1.165, 1.54) is 11.8 Å². The lowest BCUT2D eigenvalue weighted by molar-refractivity contribution is -0.111. The molecule has 0 radical (unpaired) electrons. The molecule has 3 N–H and O–H groups in total. The van der Waals surface area contributed by atoms with Crippen LogP contribution in [-0.4, -0.2) is 31.0 Å². The molecule has 0 spiro atoms. The van der Waals surface area contributed by atoms with Crippen LogP contribution in [0.5, 0.6) is 0 Å². The number of hydrogen-bond acceptors (Lipinski definition) is 4. The quantitative estimate of drug-likeness (QED) is 0.691. The van der Waals surface area contributed by atoms with Crippen LogP contribution in [0.4, 0.5) is 0 Å². The van der Waals surface area contributed by atoms with Crippen LogP contribution < -0.4 is 11.1 Å². The maximum Gasteiger partial charge on any atom is 0.189 e. The van der Waals surface area contributed by atoms with Crippen molar-refractivity contribution in [2.45, 2.75) is 12.8 Å². The molecule has 3 nitrogen and oxygen atoms in total. The number of nitrogens with two attached hydrogens (primary N) is 1. The molecule has 13 heavy (non-hydrogen) atoms. The first-order valence-electron chi connectivity index (χ1n) is 3.81. The van der Waals surface area contributed by atoms with Crippen molar-refractivity contribution >= 4 is 41.7 Å². The van der Waals surface area contributed by atoms with E-state index < -0.39 is 0 Å². The highest BCUT2D eigenvalue weighted by Gasteiger charge is 1.99. The Bertz CT molecular complexity index is 117. The third-order valence-electron chi connectivity index (χ3n) is 1.19. The third kappa shape index (κ3) is 15.3. The Morgan fingerprint density at radius 1 is 1.46 bits per heavy atom. The van der Waals surface area contributed by atoms with Gasteiger partial charge in [0.1, 0.15) is 0 Å². The number of hydrogen-bond donors (Lipinski definition) is 2. The Morgan fingerprint density at radius 2 is 2.08 bits per heavy atom. The molecule has 0 amide bonds. The van der Waals surface area contributed by atoms with Gasteiger partial charge in [-0.15, -0.1) is 24.8 Å². The van der Waals surface area contributed by atoms with Crippen molar-refractivity contribution in [2.75, 3.05) is 25.9 Å². The van der Waals surface area contributed by atoms with Crippen LogP contribution in [0.1, 0.15) is 12.8 Å². The molecule has 0 aliphatic carbocycles. The fourth-order valence-corrected chi connectivity index (χ4v) is 1.29. The molecule has 0 aromatic heterocycles. The second kappa shape index (κ2) is 15.0. The summed E-state index contributed by atoms with van der Waals surface area (Å²) in [6.07, 6.45) is 1.58. The fourth-order valence-electron chi connectivity index (χ4n) is 0.654. The average molecular weight is 249 g/mol. The summed E-state index contributed by atoms with van der Waals surface area (Å²) in [5, 5.41) is 3.25. The number of thioether (sulfide) groups is 1. The summed E-state index contributed by atoms with van der Waals surface area (Å²) >= 11 is 1.34. The molecule has 0 heterocycles.